The van der Waals surface area contributed by atoms with Crippen LogP contribution in [0.15, 0.2) is 42.5 Å². The van der Waals surface area contributed by atoms with E-state index < -0.39 is 0 Å². The first kappa shape index (κ1) is 19.8. The Labute approximate surface area is 156 Å². The minimum atomic E-state index is -0.0411. The van der Waals surface area contributed by atoms with Gasteiger partial charge in [-0.3, -0.25) is 9.69 Å². The zero-order valence-electron chi connectivity index (χ0n) is 16.4. The Morgan fingerprint density at radius 2 is 1.81 bits per heavy atom. The van der Waals surface area contributed by atoms with Crippen molar-refractivity contribution in [3.05, 3.63) is 53.6 Å². The van der Waals surface area contributed by atoms with E-state index in [4.69, 9.17) is 4.74 Å². The van der Waals surface area contributed by atoms with E-state index in [0.29, 0.717) is 18.0 Å². The minimum absolute atomic E-state index is 0.0411. The maximum atomic E-state index is 12.5. The second kappa shape index (κ2) is 9.25. The van der Waals surface area contributed by atoms with Crippen molar-refractivity contribution in [3.63, 3.8) is 0 Å². The summed E-state index contributed by atoms with van der Waals surface area (Å²) in [5.41, 5.74) is 4.15. The number of nitrogens with one attached hydrogen (secondary N) is 1. The lowest BCUT2D eigenvalue weighted by Crippen LogP contribution is -2.32. The molecule has 2 rings (SSSR count). The highest BCUT2D eigenvalue weighted by atomic mass is 16.5. The molecule has 0 saturated heterocycles. The van der Waals surface area contributed by atoms with Crippen molar-refractivity contribution in [1.82, 2.24) is 4.90 Å². The van der Waals surface area contributed by atoms with E-state index >= 15 is 0 Å². The van der Waals surface area contributed by atoms with Gasteiger partial charge in [0, 0.05) is 26.3 Å². The number of hydrogen-bond donors (Lipinski definition) is 1. The summed E-state index contributed by atoms with van der Waals surface area (Å²) in [7, 11) is 5.66. The van der Waals surface area contributed by atoms with Crippen molar-refractivity contribution >= 4 is 17.3 Å². The first-order chi connectivity index (χ1) is 12.4. The zero-order chi connectivity index (χ0) is 19.1. The Bertz CT molecular complexity index is 727. The lowest BCUT2D eigenvalue weighted by atomic mass is 10.2. The molecule has 0 bridgehead atoms. The van der Waals surface area contributed by atoms with Gasteiger partial charge in [0.2, 0.25) is 5.91 Å². The molecule has 0 heterocycles. The van der Waals surface area contributed by atoms with Gasteiger partial charge >= 0.3 is 0 Å². The summed E-state index contributed by atoms with van der Waals surface area (Å²) < 4.78 is 5.33. The van der Waals surface area contributed by atoms with Gasteiger partial charge in [0.25, 0.3) is 0 Å². The van der Waals surface area contributed by atoms with E-state index in [1.165, 1.54) is 11.3 Å². The average Bonchev–Trinajstić information content (AvgIpc) is 2.61. The number of aryl methyl sites for hydroxylation is 1. The van der Waals surface area contributed by atoms with E-state index in [0.717, 1.165) is 18.7 Å². The summed E-state index contributed by atoms with van der Waals surface area (Å²) >= 11 is 0. The number of rotatable bonds is 8. The molecule has 0 radical (unpaired) electrons. The number of carbonyl (C=O) groups is 1. The minimum Gasteiger partial charge on any atom is -0.495 e. The van der Waals surface area contributed by atoms with E-state index in [9.17, 15) is 4.79 Å². The van der Waals surface area contributed by atoms with E-state index in [1.807, 2.05) is 39.2 Å². The van der Waals surface area contributed by atoms with Gasteiger partial charge in [-0.05, 0) is 48.9 Å². The molecule has 26 heavy (non-hydrogen) atoms. The predicted molar refractivity (Wildman–Crippen MR) is 108 cm³/mol. The number of benzene rings is 2. The van der Waals surface area contributed by atoms with Crippen molar-refractivity contribution in [1.29, 1.82) is 0 Å². The molecule has 0 unspecified atom stereocenters. The Kier molecular flexibility index (Phi) is 7.04. The number of nitrogens with zero attached hydrogens (tertiary/aromatic N) is 2. The molecule has 0 aromatic heterocycles. The summed E-state index contributed by atoms with van der Waals surface area (Å²) in [5.74, 6) is 0.631. The molecule has 5 nitrogen and oxygen atoms in total. The first-order valence-corrected chi connectivity index (χ1v) is 8.86. The molecule has 0 aliphatic rings. The molecule has 1 N–H and O–H groups in total. The Hall–Kier alpha value is -2.53. The largest absolute Gasteiger partial charge is 0.495 e. The standard InChI is InChI=1S/C21H29N3O2/c1-6-24(14-17-8-10-18(11-9-17)23(3)4)15-21(25)22-19-13-16(2)7-12-20(19)26-5/h7-13H,6,14-15H2,1-5H3,(H,22,25). The lowest BCUT2D eigenvalue weighted by Gasteiger charge is -2.21. The van der Waals surface area contributed by atoms with Gasteiger partial charge in [0.15, 0.2) is 0 Å². The highest BCUT2D eigenvalue weighted by Gasteiger charge is 2.12. The molecule has 0 aliphatic carbocycles. The molecule has 0 spiro atoms. The van der Waals surface area contributed by atoms with Crippen LogP contribution in [0.2, 0.25) is 0 Å². The van der Waals surface area contributed by atoms with Crippen molar-refractivity contribution in [2.24, 2.45) is 0 Å². The number of amides is 1. The smallest absolute Gasteiger partial charge is 0.238 e. The number of anilines is 2. The van der Waals surface area contributed by atoms with Gasteiger partial charge in [0.1, 0.15) is 5.75 Å². The fourth-order valence-corrected chi connectivity index (χ4v) is 2.75. The van der Waals surface area contributed by atoms with Gasteiger partial charge in [-0.1, -0.05) is 25.1 Å². The van der Waals surface area contributed by atoms with Crippen molar-refractivity contribution in [3.8, 4) is 5.75 Å². The summed E-state index contributed by atoms with van der Waals surface area (Å²) in [6, 6.07) is 14.2. The van der Waals surface area contributed by atoms with Crippen LogP contribution in [-0.4, -0.2) is 45.1 Å². The number of carbonyl (C=O) groups excluding carboxylic acids is 1. The van der Waals surface area contributed by atoms with Crippen molar-refractivity contribution < 1.29 is 9.53 Å². The molecular formula is C21H29N3O2. The highest BCUT2D eigenvalue weighted by Crippen LogP contribution is 2.25. The van der Waals surface area contributed by atoms with Gasteiger partial charge in [-0.15, -0.1) is 0 Å². The van der Waals surface area contributed by atoms with Crippen molar-refractivity contribution in [2.45, 2.75) is 20.4 Å². The summed E-state index contributed by atoms with van der Waals surface area (Å²) in [5, 5.41) is 2.96. The number of methoxy groups -OCH3 is 1. The van der Waals surface area contributed by atoms with Gasteiger partial charge in [0.05, 0.1) is 19.3 Å². The van der Waals surface area contributed by atoms with Crippen LogP contribution in [0.25, 0.3) is 0 Å². The maximum absolute atomic E-state index is 12.5. The highest BCUT2D eigenvalue weighted by molar-refractivity contribution is 5.93. The Balaban J connectivity index is 1.98. The van der Waals surface area contributed by atoms with Crippen LogP contribution < -0.4 is 15.0 Å². The van der Waals surface area contributed by atoms with Gasteiger partial charge in [-0.25, -0.2) is 0 Å². The fourth-order valence-electron chi connectivity index (χ4n) is 2.75. The summed E-state index contributed by atoms with van der Waals surface area (Å²) in [6.45, 7) is 5.93. The van der Waals surface area contributed by atoms with Crippen LogP contribution in [0.3, 0.4) is 0 Å². The maximum Gasteiger partial charge on any atom is 0.238 e. The SMILES string of the molecule is CCN(CC(=O)Nc1cc(C)ccc1OC)Cc1ccc(N(C)C)cc1. The molecule has 1 amide bonds. The predicted octanol–water partition coefficient (Wildman–Crippen LogP) is 3.53. The van der Waals surface area contributed by atoms with Crippen molar-refractivity contribution in [2.75, 3.05) is 44.5 Å². The molecule has 140 valence electrons. The molecule has 2 aromatic rings. The lowest BCUT2D eigenvalue weighted by molar-refractivity contribution is -0.117. The van der Waals surface area contributed by atoms with Crippen LogP contribution in [0, 0.1) is 6.92 Å². The van der Waals surface area contributed by atoms with E-state index in [-0.39, 0.29) is 5.91 Å². The van der Waals surface area contributed by atoms with Gasteiger partial charge < -0.3 is 15.0 Å². The topological polar surface area (TPSA) is 44.8 Å². The van der Waals surface area contributed by atoms with Crippen LogP contribution in [-0.2, 0) is 11.3 Å². The third-order valence-corrected chi connectivity index (χ3v) is 4.30. The van der Waals surface area contributed by atoms with Crippen LogP contribution in [0.4, 0.5) is 11.4 Å². The normalized spacial score (nSPS) is 10.7. The fraction of sp³-hybridized carbons (Fsp3) is 0.381. The van der Waals surface area contributed by atoms with E-state index in [2.05, 4.69) is 46.3 Å². The third kappa shape index (κ3) is 5.49. The molecule has 2 aromatic carbocycles. The van der Waals surface area contributed by atoms with Crippen LogP contribution in [0.5, 0.6) is 5.75 Å². The second-order valence-electron chi connectivity index (χ2n) is 6.62. The molecular weight excluding hydrogens is 326 g/mol. The third-order valence-electron chi connectivity index (χ3n) is 4.30. The van der Waals surface area contributed by atoms with Crippen LogP contribution in [0.1, 0.15) is 18.1 Å². The summed E-state index contributed by atoms with van der Waals surface area (Å²) in [6.07, 6.45) is 0. The average molecular weight is 355 g/mol. The Morgan fingerprint density at radius 1 is 1.12 bits per heavy atom. The second-order valence-corrected chi connectivity index (χ2v) is 6.62. The Morgan fingerprint density at radius 3 is 2.38 bits per heavy atom. The van der Waals surface area contributed by atoms with E-state index in [1.54, 1.807) is 7.11 Å². The molecule has 0 atom stereocenters. The summed E-state index contributed by atoms with van der Waals surface area (Å²) in [4.78, 5) is 16.7. The molecule has 0 aliphatic heterocycles. The zero-order valence-corrected chi connectivity index (χ0v) is 16.4. The quantitative estimate of drug-likeness (QED) is 0.787. The van der Waals surface area contributed by atoms with Gasteiger partial charge in [-0.2, -0.15) is 0 Å². The molecule has 0 saturated carbocycles. The molecule has 0 fully saturated rings. The number of hydrogen-bond acceptors (Lipinski definition) is 4. The number of ether oxygens (including phenoxy) is 1. The monoisotopic (exact) mass is 355 g/mol. The first-order valence-electron chi connectivity index (χ1n) is 8.86. The number of likely N-dealkylation sites (N-methyl/N-ethyl adjacent to an activating group) is 1. The van der Waals surface area contributed by atoms with Crippen LogP contribution >= 0.6 is 0 Å². The molecule has 5 heteroatoms.